The van der Waals surface area contributed by atoms with E-state index in [1.165, 1.54) is 121 Å². The first-order valence-electron chi connectivity index (χ1n) is 13.5. The van der Waals surface area contributed by atoms with Gasteiger partial charge in [0.25, 0.3) is 0 Å². The van der Waals surface area contributed by atoms with E-state index in [1.807, 2.05) is 0 Å². The van der Waals surface area contributed by atoms with Crippen molar-refractivity contribution >= 4 is 0 Å². The Kier molecular flexibility index (Phi) is 14.1. The molecule has 0 aliphatic heterocycles. The lowest BCUT2D eigenvalue weighted by Crippen LogP contribution is -2.15. The summed E-state index contributed by atoms with van der Waals surface area (Å²) >= 11 is 0. The SMILES string of the molecule is CCCCCCCc1ccc(OCCCC2CCC(CCCCCCC)CC2)cc1. The zero-order valence-electron chi connectivity index (χ0n) is 20.3. The molecular formula is C29H50O. The van der Waals surface area contributed by atoms with Crippen LogP contribution in [-0.2, 0) is 6.42 Å². The van der Waals surface area contributed by atoms with Crippen molar-refractivity contribution in [3.8, 4) is 5.75 Å². The third-order valence-electron chi connectivity index (χ3n) is 7.20. The summed E-state index contributed by atoms with van der Waals surface area (Å²) in [6, 6.07) is 8.87. The fourth-order valence-electron chi connectivity index (χ4n) is 5.09. The van der Waals surface area contributed by atoms with Gasteiger partial charge in [0.1, 0.15) is 5.75 Å². The van der Waals surface area contributed by atoms with E-state index in [0.717, 1.165) is 24.2 Å². The molecule has 0 heterocycles. The lowest BCUT2D eigenvalue weighted by atomic mass is 9.78. The molecule has 0 amide bonds. The van der Waals surface area contributed by atoms with Gasteiger partial charge < -0.3 is 4.74 Å². The fourth-order valence-corrected chi connectivity index (χ4v) is 5.09. The lowest BCUT2D eigenvalue weighted by Gasteiger charge is -2.28. The van der Waals surface area contributed by atoms with Crippen LogP contribution in [0.15, 0.2) is 24.3 Å². The summed E-state index contributed by atoms with van der Waals surface area (Å²) in [7, 11) is 0. The summed E-state index contributed by atoms with van der Waals surface area (Å²) < 4.78 is 6.02. The summed E-state index contributed by atoms with van der Waals surface area (Å²) in [6.45, 7) is 5.47. The van der Waals surface area contributed by atoms with Gasteiger partial charge in [-0.05, 0) is 55.2 Å². The van der Waals surface area contributed by atoms with Crippen molar-refractivity contribution in [2.45, 2.75) is 129 Å². The molecule has 1 heteroatoms. The minimum atomic E-state index is 0.883. The van der Waals surface area contributed by atoms with Crippen LogP contribution in [0.1, 0.15) is 129 Å². The molecule has 0 unspecified atom stereocenters. The van der Waals surface area contributed by atoms with E-state index in [0.29, 0.717) is 0 Å². The molecule has 1 aliphatic rings. The lowest BCUT2D eigenvalue weighted by molar-refractivity contribution is 0.228. The molecule has 172 valence electrons. The maximum absolute atomic E-state index is 6.02. The first kappa shape index (κ1) is 25.3. The molecule has 1 nitrogen and oxygen atoms in total. The molecule has 0 aromatic heterocycles. The molecule has 0 bridgehead atoms. The minimum Gasteiger partial charge on any atom is -0.494 e. The van der Waals surface area contributed by atoms with Crippen LogP contribution >= 0.6 is 0 Å². The van der Waals surface area contributed by atoms with Gasteiger partial charge in [0.05, 0.1) is 6.61 Å². The van der Waals surface area contributed by atoms with E-state index in [1.54, 1.807) is 0 Å². The average Bonchev–Trinajstić information content (AvgIpc) is 2.78. The van der Waals surface area contributed by atoms with Gasteiger partial charge in [-0.15, -0.1) is 0 Å². The summed E-state index contributed by atoms with van der Waals surface area (Å²) in [5, 5.41) is 0. The predicted molar refractivity (Wildman–Crippen MR) is 132 cm³/mol. The highest BCUT2D eigenvalue weighted by Gasteiger charge is 2.20. The highest BCUT2D eigenvalue weighted by molar-refractivity contribution is 5.27. The van der Waals surface area contributed by atoms with Crippen LogP contribution in [0, 0.1) is 11.8 Å². The van der Waals surface area contributed by atoms with E-state index in [4.69, 9.17) is 4.74 Å². The van der Waals surface area contributed by atoms with Crippen LogP contribution < -0.4 is 4.74 Å². The van der Waals surface area contributed by atoms with Gasteiger partial charge >= 0.3 is 0 Å². The number of rotatable bonds is 17. The summed E-state index contributed by atoms with van der Waals surface area (Å²) in [6.07, 6.45) is 25.1. The second kappa shape index (κ2) is 16.7. The molecule has 0 radical (unpaired) electrons. The Balaban J connectivity index is 1.47. The standard InChI is InChI=1S/C29H50O/c1-3-5-7-9-11-14-26-17-19-28(20-18-26)16-13-25-30-29-23-21-27(22-24-29)15-12-10-8-6-4-2/h21-24,26,28H,3-20,25H2,1-2H3. The maximum atomic E-state index is 6.02. The van der Waals surface area contributed by atoms with Gasteiger partial charge in [0.15, 0.2) is 0 Å². The Morgan fingerprint density at radius 2 is 1.17 bits per heavy atom. The largest absolute Gasteiger partial charge is 0.494 e. The third-order valence-corrected chi connectivity index (χ3v) is 7.20. The Labute approximate surface area is 188 Å². The van der Waals surface area contributed by atoms with Gasteiger partial charge in [-0.25, -0.2) is 0 Å². The zero-order valence-corrected chi connectivity index (χ0v) is 20.3. The smallest absolute Gasteiger partial charge is 0.119 e. The fraction of sp³-hybridized carbons (Fsp3) is 0.793. The second-order valence-electron chi connectivity index (χ2n) is 9.89. The molecular weight excluding hydrogens is 364 g/mol. The van der Waals surface area contributed by atoms with Gasteiger partial charge in [-0.1, -0.05) is 116 Å². The van der Waals surface area contributed by atoms with Crippen LogP contribution in [0.25, 0.3) is 0 Å². The second-order valence-corrected chi connectivity index (χ2v) is 9.89. The maximum Gasteiger partial charge on any atom is 0.119 e. The normalized spacial score (nSPS) is 19.1. The molecule has 1 fully saturated rings. The molecule has 30 heavy (non-hydrogen) atoms. The number of benzene rings is 1. The Hall–Kier alpha value is -0.980. The van der Waals surface area contributed by atoms with Crippen molar-refractivity contribution in [1.82, 2.24) is 0 Å². The Morgan fingerprint density at radius 3 is 1.77 bits per heavy atom. The van der Waals surface area contributed by atoms with Crippen LogP contribution in [-0.4, -0.2) is 6.61 Å². The molecule has 2 rings (SSSR count). The number of unbranched alkanes of at least 4 members (excludes halogenated alkanes) is 8. The number of hydrogen-bond donors (Lipinski definition) is 0. The van der Waals surface area contributed by atoms with Gasteiger partial charge in [-0.3, -0.25) is 0 Å². The third kappa shape index (κ3) is 11.4. The van der Waals surface area contributed by atoms with Crippen molar-refractivity contribution in [3.05, 3.63) is 29.8 Å². The molecule has 1 aliphatic carbocycles. The minimum absolute atomic E-state index is 0.883. The molecule has 0 saturated heterocycles. The molecule has 0 spiro atoms. The summed E-state index contributed by atoms with van der Waals surface area (Å²) in [4.78, 5) is 0. The molecule has 1 aromatic carbocycles. The number of aryl methyl sites for hydroxylation is 1. The monoisotopic (exact) mass is 414 g/mol. The number of ether oxygens (including phenoxy) is 1. The van der Waals surface area contributed by atoms with E-state index < -0.39 is 0 Å². The van der Waals surface area contributed by atoms with Crippen LogP contribution in [0.4, 0.5) is 0 Å². The van der Waals surface area contributed by atoms with E-state index in [9.17, 15) is 0 Å². The van der Waals surface area contributed by atoms with Crippen molar-refractivity contribution < 1.29 is 4.74 Å². The average molecular weight is 415 g/mol. The van der Waals surface area contributed by atoms with Crippen molar-refractivity contribution in [2.24, 2.45) is 11.8 Å². The molecule has 0 N–H and O–H groups in total. The quantitative estimate of drug-likeness (QED) is 0.231. The van der Waals surface area contributed by atoms with Gasteiger partial charge in [0.2, 0.25) is 0 Å². The topological polar surface area (TPSA) is 9.23 Å². The van der Waals surface area contributed by atoms with Crippen LogP contribution in [0.2, 0.25) is 0 Å². The summed E-state index contributed by atoms with van der Waals surface area (Å²) in [5.41, 5.74) is 1.46. The van der Waals surface area contributed by atoms with Crippen molar-refractivity contribution in [2.75, 3.05) is 6.61 Å². The van der Waals surface area contributed by atoms with Crippen LogP contribution in [0.5, 0.6) is 5.75 Å². The number of hydrogen-bond acceptors (Lipinski definition) is 1. The van der Waals surface area contributed by atoms with Crippen molar-refractivity contribution in [3.63, 3.8) is 0 Å². The van der Waals surface area contributed by atoms with E-state index >= 15 is 0 Å². The summed E-state index contributed by atoms with van der Waals surface area (Å²) in [5.74, 6) is 3.04. The Bertz CT molecular complexity index is 498. The van der Waals surface area contributed by atoms with E-state index in [2.05, 4.69) is 38.1 Å². The first-order valence-corrected chi connectivity index (χ1v) is 13.5. The molecule has 1 saturated carbocycles. The zero-order chi connectivity index (χ0) is 21.3. The van der Waals surface area contributed by atoms with Crippen LogP contribution in [0.3, 0.4) is 0 Å². The van der Waals surface area contributed by atoms with Crippen molar-refractivity contribution in [1.29, 1.82) is 0 Å². The predicted octanol–water partition coefficient (Wildman–Crippen LogP) is 9.53. The van der Waals surface area contributed by atoms with E-state index in [-0.39, 0.29) is 0 Å². The molecule has 1 aromatic rings. The molecule has 0 atom stereocenters. The highest BCUT2D eigenvalue weighted by Crippen LogP contribution is 2.34. The highest BCUT2D eigenvalue weighted by atomic mass is 16.5. The van der Waals surface area contributed by atoms with Gasteiger partial charge in [0, 0.05) is 0 Å². The Morgan fingerprint density at radius 1 is 0.633 bits per heavy atom. The first-order chi connectivity index (χ1) is 14.8. The van der Waals surface area contributed by atoms with Gasteiger partial charge in [-0.2, -0.15) is 0 Å².